The van der Waals surface area contributed by atoms with Gasteiger partial charge in [-0.3, -0.25) is 9.11 Å². The SMILES string of the molecule is O=S(=O)(O)c1ccc(/C=C/c2ccc(-c3nnc(-c4ccc(F)cc4)o3)cc2)c(S(=O)(=O)O)c1. The first-order valence-electron chi connectivity index (χ1n) is 9.48. The Labute approximate surface area is 193 Å². The van der Waals surface area contributed by atoms with Crippen LogP contribution in [0.2, 0.25) is 0 Å². The first-order valence-corrected chi connectivity index (χ1v) is 12.4. The standard InChI is InChI=1S/C22H15FN2O7S2/c23-18-10-7-17(8-11-18)22-25-24-21(32-22)16-5-2-14(3-6-16)1-4-15-9-12-19(33(26,27)28)13-20(15)34(29,30)31/h1-13H,(H,26,27,28)(H,29,30,31)/b4-1+. The first kappa shape index (κ1) is 23.4. The van der Waals surface area contributed by atoms with Crippen molar-refractivity contribution in [2.45, 2.75) is 9.79 Å². The Morgan fingerprint density at radius 1 is 0.735 bits per heavy atom. The fourth-order valence-electron chi connectivity index (χ4n) is 3.01. The van der Waals surface area contributed by atoms with Crippen molar-refractivity contribution in [1.29, 1.82) is 0 Å². The van der Waals surface area contributed by atoms with Crippen molar-refractivity contribution in [3.63, 3.8) is 0 Å². The summed E-state index contributed by atoms with van der Waals surface area (Å²) in [6.45, 7) is 0. The maximum absolute atomic E-state index is 13.1. The number of aromatic nitrogens is 2. The average Bonchev–Trinajstić information content (AvgIpc) is 3.27. The lowest BCUT2D eigenvalue weighted by Gasteiger charge is -2.05. The highest BCUT2D eigenvalue weighted by atomic mass is 32.2. The molecule has 1 heterocycles. The largest absolute Gasteiger partial charge is 0.416 e. The van der Waals surface area contributed by atoms with Gasteiger partial charge < -0.3 is 4.42 Å². The van der Waals surface area contributed by atoms with Gasteiger partial charge in [0.2, 0.25) is 11.8 Å². The van der Waals surface area contributed by atoms with Gasteiger partial charge in [-0.05, 0) is 59.7 Å². The Morgan fingerprint density at radius 3 is 1.82 bits per heavy atom. The monoisotopic (exact) mass is 502 g/mol. The summed E-state index contributed by atoms with van der Waals surface area (Å²) >= 11 is 0. The molecule has 0 atom stereocenters. The molecular formula is C22H15FN2O7S2. The molecule has 0 saturated heterocycles. The minimum absolute atomic E-state index is 0.0137. The van der Waals surface area contributed by atoms with E-state index < -0.39 is 30.0 Å². The van der Waals surface area contributed by atoms with E-state index in [2.05, 4.69) is 10.2 Å². The van der Waals surface area contributed by atoms with E-state index in [1.54, 1.807) is 30.3 Å². The summed E-state index contributed by atoms with van der Waals surface area (Å²) in [5, 5.41) is 7.94. The Balaban J connectivity index is 1.58. The third kappa shape index (κ3) is 5.26. The number of halogens is 1. The summed E-state index contributed by atoms with van der Waals surface area (Å²) in [5.74, 6) is 0.0829. The van der Waals surface area contributed by atoms with Crippen molar-refractivity contribution in [2.24, 2.45) is 0 Å². The van der Waals surface area contributed by atoms with Gasteiger partial charge in [0, 0.05) is 11.1 Å². The molecule has 4 rings (SSSR count). The van der Waals surface area contributed by atoms with Crippen LogP contribution in [0.4, 0.5) is 4.39 Å². The van der Waals surface area contributed by atoms with Crippen LogP contribution in [-0.4, -0.2) is 36.1 Å². The molecule has 4 aromatic rings. The van der Waals surface area contributed by atoms with Crippen molar-refractivity contribution < 1.29 is 34.7 Å². The summed E-state index contributed by atoms with van der Waals surface area (Å²) in [7, 11) is -9.42. The molecule has 0 bridgehead atoms. The highest BCUT2D eigenvalue weighted by molar-refractivity contribution is 7.86. The highest BCUT2D eigenvalue weighted by Crippen LogP contribution is 2.26. The molecule has 0 amide bonds. The van der Waals surface area contributed by atoms with E-state index in [-0.39, 0.29) is 23.2 Å². The Morgan fingerprint density at radius 2 is 1.29 bits per heavy atom. The minimum Gasteiger partial charge on any atom is -0.416 e. The van der Waals surface area contributed by atoms with Crippen LogP contribution in [0.25, 0.3) is 35.1 Å². The molecular weight excluding hydrogens is 487 g/mol. The fraction of sp³-hybridized carbons (Fsp3) is 0. The van der Waals surface area contributed by atoms with E-state index in [9.17, 15) is 25.8 Å². The van der Waals surface area contributed by atoms with Gasteiger partial charge in [-0.15, -0.1) is 10.2 Å². The number of nitrogens with zero attached hydrogens (tertiary/aromatic N) is 2. The maximum Gasteiger partial charge on any atom is 0.295 e. The van der Waals surface area contributed by atoms with Gasteiger partial charge in [-0.1, -0.05) is 30.4 Å². The zero-order valence-corrected chi connectivity index (χ0v) is 18.7. The van der Waals surface area contributed by atoms with Crippen LogP contribution >= 0.6 is 0 Å². The lowest BCUT2D eigenvalue weighted by Crippen LogP contribution is -2.05. The van der Waals surface area contributed by atoms with Crippen LogP contribution in [0.15, 0.2) is 80.9 Å². The second kappa shape index (κ2) is 8.91. The van der Waals surface area contributed by atoms with Gasteiger partial charge >= 0.3 is 0 Å². The average molecular weight is 503 g/mol. The topological polar surface area (TPSA) is 148 Å². The van der Waals surface area contributed by atoms with E-state index in [0.717, 1.165) is 12.1 Å². The van der Waals surface area contributed by atoms with Crippen LogP contribution in [0, 0.1) is 5.82 Å². The van der Waals surface area contributed by atoms with Crippen LogP contribution in [-0.2, 0) is 20.2 Å². The van der Waals surface area contributed by atoms with E-state index in [4.69, 9.17) is 8.97 Å². The molecule has 0 aliphatic rings. The van der Waals surface area contributed by atoms with Gasteiger partial charge in [0.15, 0.2) is 0 Å². The third-order valence-electron chi connectivity index (χ3n) is 4.69. The molecule has 0 spiro atoms. The van der Waals surface area contributed by atoms with E-state index >= 15 is 0 Å². The second-order valence-electron chi connectivity index (χ2n) is 7.02. The van der Waals surface area contributed by atoms with Crippen LogP contribution < -0.4 is 0 Å². The van der Waals surface area contributed by atoms with Gasteiger partial charge in [0.25, 0.3) is 20.2 Å². The molecule has 0 radical (unpaired) electrons. The normalized spacial score (nSPS) is 12.3. The molecule has 2 N–H and O–H groups in total. The summed E-state index contributed by atoms with van der Waals surface area (Å²) in [5.41, 5.74) is 1.82. The molecule has 12 heteroatoms. The molecule has 0 aliphatic heterocycles. The predicted octanol–water partition coefficient (Wildman–Crippen LogP) is 4.21. The predicted molar refractivity (Wildman–Crippen MR) is 120 cm³/mol. The van der Waals surface area contributed by atoms with Crippen molar-refractivity contribution in [2.75, 3.05) is 0 Å². The lowest BCUT2D eigenvalue weighted by molar-refractivity contribution is 0.481. The summed E-state index contributed by atoms with van der Waals surface area (Å²) in [4.78, 5) is -1.34. The molecule has 174 valence electrons. The molecule has 34 heavy (non-hydrogen) atoms. The summed E-state index contributed by atoms with van der Waals surface area (Å²) in [6, 6.07) is 15.2. The second-order valence-corrected chi connectivity index (χ2v) is 9.84. The van der Waals surface area contributed by atoms with E-state index in [0.29, 0.717) is 22.8 Å². The molecule has 0 unspecified atom stereocenters. The quantitative estimate of drug-likeness (QED) is 0.292. The van der Waals surface area contributed by atoms with Gasteiger partial charge in [-0.2, -0.15) is 16.8 Å². The lowest BCUT2D eigenvalue weighted by atomic mass is 10.1. The zero-order chi connectivity index (χ0) is 24.5. The van der Waals surface area contributed by atoms with Crippen molar-refractivity contribution >= 4 is 32.4 Å². The van der Waals surface area contributed by atoms with Crippen molar-refractivity contribution in [1.82, 2.24) is 10.2 Å². The van der Waals surface area contributed by atoms with Gasteiger partial charge in [-0.25, -0.2) is 4.39 Å². The van der Waals surface area contributed by atoms with Crippen LogP contribution in [0.3, 0.4) is 0 Å². The zero-order valence-electron chi connectivity index (χ0n) is 17.0. The molecule has 0 aliphatic carbocycles. The van der Waals surface area contributed by atoms with Gasteiger partial charge in [0.1, 0.15) is 10.7 Å². The number of benzene rings is 3. The molecule has 0 fully saturated rings. The van der Waals surface area contributed by atoms with Crippen LogP contribution in [0.1, 0.15) is 11.1 Å². The highest BCUT2D eigenvalue weighted by Gasteiger charge is 2.19. The summed E-state index contributed by atoms with van der Waals surface area (Å²) < 4.78 is 83.2. The van der Waals surface area contributed by atoms with E-state index in [1.165, 1.54) is 30.3 Å². The Kier molecular flexibility index (Phi) is 6.15. The third-order valence-corrected chi connectivity index (χ3v) is 6.45. The van der Waals surface area contributed by atoms with Gasteiger partial charge in [0.05, 0.1) is 4.90 Å². The number of hydrogen-bond acceptors (Lipinski definition) is 7. The van der Waals surface area contributed by atoms with Crippen LogP contribution in [0.5, 0.6) is 0 Å². The summed E-state index contributed by atoms with van der Waals surface area (Å²) in [6.07, 6.45) is 2.91. The number of rotatable bonds is 6. The molecule has 9 nitrogen and oxygen atoms in total. The van der Waals surface area contributed by atoms with Crippen molar-refractivity contribution in [3.05, 3.63) is 83.7 Å². The Hall–Kier alpha value is -3.71. The molecule has 0 saturated carbocycles. The van der Waals surface area contributed by atoms with Crippen molar-refractivity contribution in [3.8, 4) is 22.9 Å². The minimum atomic E-state index is -4.76. The Bertz CT molecular complexity index is 1590. The first-order chi connectivity index (χ1) is 16.0. The maximum atomic E-state index is 13.1. The molecule has 3 aromatic carbocycles. The fourth-order valence-corrected chi connectivity index (χ4v) is 4.30. The molecule has 1 aromatic heterocycles. The smallest absolute Gasteiger partial charge is 0.295 e. The van der Waals surface area contributed by atoms with E-state index in [1.807, 2.05) is 0 Å². The number of hydrogen-bond donors (Lipinski definition) is 2.